The highest BCUT2D eigenvalue weighted by Crippen LogP contribution is 2.37. The second-order valence-electron chi connectivity index (χ2n) is 5.92. The molecule has 0 bridgehead atoms. The minimum Gasteiger partial charge on any atom is -0.335 e. The Hall–Kier alpha value is -0.830. The number of carbonyl (C=O) groups excluding carboxylic acids is 1. The van der Waals surface area contributed by atoms with Crippen LogP contribution in [0.3, 0.4) is 0 Å². The summed E-state index contributed by atoms with van der Waals surface area (Å²) in [6.07, 6.45) is 6.28. The van der Waals surface area contributed by atoms with Gasteiger partial charge in [0.05, 0.1) is 0 Å². The van der Waals surface area contributed by atoms with E-state index in [0.717, 1.165) is 28.1 Å². The fourth-order valence-electron chi connectivity index (χ4n) is 3.73. The van der Waals surface area contributed by atoms with Crippen LogP contribution < -0.4 is 0 Å². The van der Waals surface area contributed by atoms with Crippen LogP contribution in [0.4, 0.5) is 0 Å². The van der Waals surface area contributed by atoms with Crippen LogP contribution in [0.1, 0.15) is 48.0 Å². The third kappa shape index (κ3) is 2.58. The van der Waals surface area contributed by atoms with E-state index in [2.05, 4.69) is 20.8 Å². The van der Waals surface area contributed by atoms with E-state index in [1.807, 2.05) is 25.1 Å². The average molecular weight is 322 g/mol. The molecule has 2 aliphatic rings. The first kappa shape index (κ1) is 13.2. The van der Waals surface area contributed by atoms with Gasteiger partial charge in [0.25, 0.3) is 5.91 Å². The van der Waals surface area contributed by atoms with Gasteiger partial charge < -0.3 is 4.90 Å². The molecule has 2 nitrogen and oxygen atoms in total. The lowest BCUT2D eigenvalue weighted by atomic mass is 9.91. The van der Waals surface area contributed by atoms with Crippen molar-refractivity contribution in [3.63, 3.8) is 0 Å². The quantitative estimate of drug-likeness (QED) is 0.760. The molecule has 0 aromatic heterocycles. The molecule has 1 heterocycles. The summed E-state index contributed by atoms with van der Waals surface area (Å²) in [6, 6.07) is 6.51. The van der Waals surface area contributed by atoms with Gasteiger partial charge in [-0.1, -0.05) is 22.4 Å². The summed E-state index contributed by atoms with van der Waals surface area (Å²) in [7, 11) is 0. The maximum Gasteiger partial charge on any atom is 0.254 e. The van der Waals surface area contributed by atoms with Crippen molar-refractivity contribution in [2.45, 2.75) is 45.1 Å². The van der Waals surface area contributed by atoms with Gasteiger partial charge in [-0.2, -0.15) is 0 Å². The molecule has 0 radical (unpaired) electrons. The van der Waals surface area contributed by atoms with E-state index < -0.39 is 0 Å². The Labute approximate surface area is 123 Å². The van der Waals surface area contributed by atoms with Gasteiger partial charge in [-0.15, -0.1) is 0 Å². The summed E-state index contributed by atoms with van der Waals surface area (Å²) >= 11 is 3.49. The first-order valence-electron chi connectivity index (χ1n) is 7.23. The maximum atomic E-state index is 12.8. The van der Waals surface area contributed by atoms with Gasteiger partial charge in [0.1, 0.15) is 0 Å². The highest BCUT2D eigenvalue weighted by molar-refractivity contribution is 9.10. The number of benzene rings is 1. The van der Waals surface area contributed by atoms with Crippen LogP contribution in [0.5, 0.6) is 0 Å². The third-order valence-corrected chi connectivity index (χ3v) is 5.00. The number of likely N-dealkylation sites (tertiary alicyclic amines) is 1. The summed E-state index contributed by atoms with van der Waals surface area (Å²) < 4.78 is 0.996. The second-order valence-corrected chi connectivity index (χ2v) is 6.83. The van der Waals surface area contributed by atoms with Crippen LogP contribution in [-0.4, -0.2) is 23.4 Å². The van der Waals surface area contributed by atoms with Gasteiger partial charge in [0.15, 0.2) is 0 Å². The summed E-state index contributed by atoms with van der Waals surface area (Å²) in [5, 5.41) is 0. The molecule has 0 N–H and O–H groups in total. The van der Waals surface area contributed by atoms with Crippen molar-refractivity contribution >= 4 is 21.8 Å². The van der Waals surface area contributed by atoms with Crippen LogP contribution >= 0.6 is 15.9 Å². The standard InChI is InChI=1S/C16H20BrNO/c1-11-8-13(10-14(17)9-11)16(19)18-7-3-5-12-4-2-6-15(12)18/h8-10,12,15H,2-7H2,1H3. The van der Waals surface area contributed by atoms with E-state index in [9.17, 15) is 4.79 Å². The number of hydrogen-bond donors (Lipinski definition) is 0. The van der Waals surface area contributed by atoms with Crippen LogP contribution in [0.15, 0.2) is 22.7 Å². The van der Waals surface area contributed by atoms with Gasteiger partial charge in [-0.25, -0.2) is 0 Å². The first-order valence-corrected chi connectivity index (χ1v) is 8.02. The van der Waals surface area contributed by atoms with Crippen molar-refractivity contribution in [1.82, 2.24) is 4.90 Å². The Balaban J connectivity index is 1.86. The Kier molecular flexibility index (Phi) is 3.66. The summed E-state index contributed by atoms with van der Waals surface area (Å²) in [5.74, 6) is 0.979. The van der Waals surface area contributed by atoms with E-state index in [0.29, 0.717) is 6.04 Å². The fourth-order valence-corrected chi connectivity index (χ4v) is 4.34. The normalized spacial score (nSPS) is 26.3. The van der Waals surface area contributed by atoms with Crippen molar-refractivity contribution in [2.24, 2.45) is 5.92 Å². The Morgan fingerprint density at radius 1 is 1.21 bits per heavy atom. The molecule has 2 unspecified atom stereocenters. The third-order valence-electron chi connectivity index (χ3n) is 4.54. The van der Waals surface area contributed by atoms with Crippen LogP contribution in [0.2, 0.25) is 0 Å². The molecule has 1 saturated heterocycles. The summed E-state index contributed by atoms with van der Waals surface area (Å²) in [5.41, 5.74) is 1.97. The van der Waals surface area contributed by atoms with Crippen LogP contribution in [0.25, 0.3) is 0 Å². The van der Waals surface area contributed by atoms with E-state index in [-0.39, 0.29) is 5.91 Å². The van der Waals surface area contributed by atoms with Crippen molar-refractivity contribution in [3.8, 4) is 0 Å². The first-order chi connectivity index (χ1) is 9.15. The number of carbonyl (C=O) groups is 1. The van der Waals surface area contributed by atoms with Gasteiger partial charge in [0, 0.05) is 22.6 Å². The molecule has 1 saturated carbocycles. The minimum absolute atomic E-state index is 0.223. The molecule has 1 aliphatic carbocycles. The van der Waals surface area contributed by atoms with Gasteiger partial charge in [-0.05, 0) is 62.3 Å². The molecule has 1 amide bonds. The Morgan fingerprint density at radius 3 is 2.79 bits per heavy atom. The molecule has 0 spiro atoms. The Bertz CT molecular complexity index is 479. The largest absolute Gasteiger partial charge is 0.335 e. The molecule has 2 atom stereocenters. The molecule has 19 heavy (non-hydrogen) atoms. The van der Waals surface area contributed by atoms with Crippen molar-refractivity contribution in [3.05, 3.63) is 33.8 Å². The molecule has 3 heteroatoms. The van der Waals surface area contributed by atoms with Crippen LogP contribution in [-0.2, 0) is 0 Å². The molecule has 3 rings (SSSR count). The number of fused-ring (bicyclic) bond motifs is 1. The fraction of sp³-hybridized carbons (Fsp3) is 0.562. The monoisotopic (exact) mass is 321 g/mol. The molecular formula is C16H20BrNO. The molecule has 2 fully saturated rings. The Morgan fingerprint density at radius 2 is 2.00 bits per heavy atom. The number of halogens is 1. The molecule has 1 aliphatic heterocycles. The molecule has 1 aromatic rings. The predicted molar refractivity (Wildman–Crippen MR) is 80.3 cm³/mol. The van der Waals surface area contributed by atoms with E-state index >= 15 is 0 Å². The second kappa shape index (κ2) is 5.28. The molecule has 1 aromatic carbocycles. The van der Waals surface area contributed by atoms with Gasteiger partial charge in [0.2, 0.25) is 0 Å². The SMILES string of the molecule is Cc1cc(Br)cc(C(=O)N2CCCC3CCCC32)c1. The highest BCUT2D eigenvalue weighted by Gasteiger charge is 2.37. The smallest absolute Gasteiger partial charge is 0.254 e. The number of piperidine rings is 1. The van der Waals surface area contributed by atoms with Crippen LogP contribution in [0, 0.1) is 12.8 Å². The summed E-state index contributed by atoms with van der Waals surface area (Å²) in [4.78, 5) is 14.9. The van der Waals surface area contributed by atoms with Crippen molar-refractivity contribution in [2.75, 3.05) is 6.54 Å². The van der Waals surface area contributed by atoms with Crippen molar-refractivity contribution < 1.29 is 4.79 Å². The zero-order chi connectivity index (χ0) is 13.4. The number of rotatable bonds is 1. The van der Waals surface area contributed by atoms with E-state index in [1.165, 1.54) is 32.1 Å². The van der Waals surface area contributed by atoms with Crippen molar-refractivity contribution in [1.29, 1.82) is 0 Å². The minimum atomic E-state index is 0.223. The topological polar surface area (TPSA) is 20.3 Å². The number of amides is 1. The lowest BCUT2D eigenvalue weighted by molar-refractivity contribution is 0.0548. The lowest BCUT2D eigenvalue weighted by Crippen LogP contribution is -2.46. The van der Waals surface area contributed by atoms with Gasteiger partial charge in [-0.3, -0.25) is 4.79 Å². The summed E-state index contributed by atoms with van der Waals surface area (Å²) in [6.45, 7) is 2.97. The zero-order valence-corrected chi connectivity index (χ0v) is 12.9. The average Bonchev–Trinajstić information content (AvgIpc) is 2.84. The number of aryl methyl sites for hydroxylation is 1. The lowest BCUT2D eigenvalue weighted by Gasteiger charge is -2.38. The predicted octanol–water partition coefficient (Wildman–Crippen LogP) is 4.16. The highest BCUT2D eigenvalue weighted by atomic mass is 79.9. The number of hydrogen-bond acceptors (Lipinski definition) is 1. The van der Waals surface area contributed by atoms with E-state index in [4.69, 9.17) is 0 Å². The zero-order valence-electron chi connectivity index (χ0n) is 11.4. The molecular weight excluding hydrogens is 302 g/mol. The van der Waals surface area contributed by atoms with Gasteiger partial charge >= 0.3 is 0 Å². The maximum absolute atomic E-state index is 12.8. The van der Waals surface area contributed by atoms with E-state index in [1.54, 1.807) is 0 Å². The molecule has 102 valence electrons. The number of nitrogens with zero attached hydrogens (tertiary/aromatic N) is 1.